The molecule has 8 heteroatoms. The predicted molar refractivity (Wildman–Crippen MR) is 117 cm³/mol. The van der Waals surface area contributed by atoms with Crippen LogP contribution in [0.15, 0.2) is 53.4 Å². The molecule has 0 bridgehead atoms. The van der Waals surface area contributed by atoms with E-state index < -0.39 is 4.92 Å². The van der Waals surface area contributed by atoms with Crippen LogP contribution in [0.4, 0.5) is 11.5 Å². The van der Waals surface area contributed by atoms with Crippen molar-refractivity contribution in [1.82, 2.24) is 9.97 Å². The van der Waals surface area contributed by atoms with E-state index in [1.165, 1.54) is 22.6 Å². The quantitative estimate of drug-likeness (QED) is 0.464. The minimum absolute atomic E-state index is 0.0589. The molecule has 0 aliphatic carbocycles. The molecular formula is C22H20N4O3S. The third kappa shape index (κ3) is 3.53. The Morgan fingerprint density at radius 3 is 2.57 bits per heavy atom. The van der Waals surface area contributed by atoms with Gasteiger partial charge < -0.3 is 9.64 Å². The summed E-state index contributed by atoms with van der Waals surface area (Å²) in [6, 6.07) is 14.8. The number of benzene rings is 2. The molecule has 0 radical (unpaired) electrons. The second-order valence-electron chi connectivity index (χ2n) is 7.20. The van der Waals surface area contributed by atoms with Crippen LogP contribution in [-0.4, -0.2) is 46.9 Å². The van der Waals surface area contributed by atoms with E-state index in [-0.39, 0.29) is 5.69 Å². The highest BCUT2D eigenvalue weighted by molar-refractivity contribution is 7.99. The van der Waals surface area contributed by atoms with Crippen molar-refractivity contribution in [2.24, 2.45) is 0 Å². The van der Waals surface area contributed by atoms with Crippen molar-refractivity contribution in [2.45, 2.75) is 11.3 Å². The predicted octanol–water partition coefficient (Wildman–Crippen LogP) is 4.20. The van der Waals surface area contributed by atoms with Crippen LogP contribution in [0.25, 0.3) is 22.6 Å². The fourth-order valence-corrected chi connectivity index (χ4v) is 4.90. The minimum Gasteiger partial charge on any atom is -0.378 e. The van der Waals surface area contributed by atoms with E-state index in [0.717, 1.165) is 47.9 Å². The molecule has 2 aromatic carbocycles. The van der Waals surface area contributed by atoms with Crippen LogP contribution in [0.1, 0.15) is 5.56 Å². The third-order valence-electron chi connectivity index (χ3n) is 5.38. The van der Waals surface area contributed by atoms with Crippen molar-refractivity contribution in [1.29, 1.82) is 0 Å². The molecule has 1 fully saturated rings. The molecular weight excluding hydrogens is 400 g/mol. The van der Waals surface area contributed by atoms with Gasteiger partial charge in [0.15, 0.2) is 5.82 Å². The van der Waals surface area contributed by atoms with Crippen molar-refractivity contribution >= 4 is 23.3 Å². The number of nitro groups is 1. The number of hydrogen-bond acceptors (Lipinski definition) is 7. The van der Waals surface area contributed by atoms with Crippen molar-refractivity contribution in [2.75, 3.05) is 37.0 Å². The Balaban J connectivity index is 1.69. The Kier molecular flexibility index (Phi) is 5.10. The Morgan fingerprint density at radius 2 is 1.80 bits per heavy atom. The number of non-ortho nitro benzene ring substituents is 1. The van der Waals surface area contributed by atoms with Crippen molar-refractivity contribution in [3.63, 3.8) is 0 Å². The maximum absolute atomic E-state index is 11.0. The van der Waals surface area contributed by atoms with Crippen molar-refractivity contribution < 1.29 is 9.66 Å². The summed E-state index contributed by atoms with van der Waals surface area (Å²) in [6.07, 6.45) is 0.891. The molecule has 2 aliphatic heterocycles. The number of nitro benzene ring substituents is 1. The summed E-state index contributed by atoms with van der Waals surface area (Å²) >= 11 is 1.84. The standard InChI is InChI=1S/C22H20N4O3S/c27-26(28)16-7-5-15(6-8-16)21-23-20-17-3-1-2-4-19(17)30-14-9-18(20)22(24-21)25-10-12-29-13-11-25/h1-8H,9-14H2. The number of aromatic nitrogens is 2. The van der Waals surface area contributed by atoms with Crippen LogP contribution in [0.5, 0.6) is 0 Å². The molecule has 0 N–H and O–H groups in total. The largest absolute Gasteiger partial charge is 0.378 e. The summed E-state index contributed by atoms with van der Waals surface area (Å²) in [6.45, 7) is 2.93. The zero-order chi connectivity index (χ0) is 20.5. The SMILES string of the molecule is O=[N+]([O-])c1ccc(-c2nc3c(c(N4CCOCC4)n2)CCSc2ccccc2-3)cc1. The molecule has 0 amide bonds. The summed E-state index contributed by atoms with van der Waals surface area (Å²) < 4.78 is 5.54. The van der Waals surface area contributed by atoms with Gasteiger partial charge in [0.05, 0.1) is 23.8 Å². The van der Waals surface area contributed by atoms with Crippen LogP contribution in [-0.2, 0) is 11.2 Å². The van der Waals surface area contributed by atoms with Gasteiger partial charge in [0.25, 0.3) is 5.69 Å². The molecule has 0 atom stereocenters. The molecule has 1 aromatic heterocycles. The molecule has 3 heterocycles. The zero-order valence-electron chi connectivity index (χ0n) is 16.3. The van der Waals surface area contributed by atoms with Gasteiger partial charge in [-0.15, -0.1) is 11.8 Å². The van der Waals surface area contributed by atoms with E-state index in [4.69, 9.17) is 14.7 Å². The van der Waals surface area contributed by atoms with E-state index in [1.807, 2.05) is 17.8 Å². The van der Waals surface area contributed by atoms with Crippen LogP contribution in [0.2, 0.25) is 0 Å². The summed E-state index contributed by atoms with van der Waals surface area (Å²) in [5.41, 5.74) is 4.08. The van der Waals surface area contributed by atoms with E-state index >= 15 is 0 Å². The molecule has 0 spiro atoms. The molecule has 5 rings (SSSR count). The summed E-state index contributed by atoms with van der Waals surface area (Å²) in [4.78, 5) is 24.0. The zero-order valence-corrected chi connectivity index (χ0v) is 17.1. The highest BCUT2D eigenvalue weighted by Crippen LogP contribution is 2.40. The number of nitrogens with zero attached hydrogens (tertiary/aromatic N) is 4. The lowest BCUT2D eigenvalue weighted by molar-refractivity contribution is -0.384. The van der Waals surface area contributed by atoms with Gasteiger partial charge in [0.2, 0.25) is 0 Å². The Morgan fingerprint density at radius 1 is 1.03 bits per heavy atom. The second-order valence-corrected chi connectivity index (χ2v) is 8.33. The number of morpholine rings is 1. The maximum atomic E-state index is 11.0. The van der Waals surface area contributed by atoms with E-state index in [1.54, 1.807) is 12.1 Å². The maximum Gasteiger partial charge on any atom is 0.269 e. The summed E-state index contributed by atoms with van der Waals surface area (Å²) in [7, 11) is 0. The first-order valence-corrected chi connectivity index (χ1v) is 10.9. The third-order valence-corrected chi connectivity index (χ3v) is 6.46. The van der Waals surface area contributed by atoms with Crippen molar-refractivity contribution in [3.8, 4) is 22.6 Å². The Bertz CT molecular complexity index is 1100. The Labute approximate surface area is 178 Å². The normalized spacial score (nSPS) is 15.8. The van der Waals surface area contributed by atoms with Gasteiger partial charge in [0, 0.05) is 52.6 Å². The van der Waals surface area contributed by atoms with Gasteiger partial charge in [-0.1, -0.05) is 18.2 Å². The molecule has 30 heavy (non-hydrogen) atoms. The van der Waals surface area contributed by atoms with E-state index in [0.29, 0.717) is 19.0 Å². The number of ether oxygens (including phenoxy) is 1. The fourth-order valence-electron chi connectivity index (χ4n) is 3.87. The second kappa shape index (κ2) is 8.04. The first-order valence-electron chi connectivity index (χ1n) is 9.91. The van der Waals surface area contributed by atoms with Crippen LogP contribution >= 0.6 is 11.8 Å². The van der Waals surface area contributed by atoms with E-state index in [2.05, 4.69) is 23.1 Å². The van der Waals surface area contributed by atoms with Gasteiger partial charge in [-0.25, -0.2) is 9.97 Å². The number of anilines is 1. The first kappa shape index (κ1) is 19.0. The molecule has 0 saturated carbocycles. The summed E-state index contributed by atoms with van der Waals surface area (Å²) in [5.74, 6) is 2.52. The highest BCUT2D eigenvalue weighted by Gasteiger charge is 2.25. The topological polar surface area (TPSA) is 81.4 Å². The van der Waals surface area contributed by atoms with Crippen LogP contribution in [0.3, 0.4) is 0 Å². The molecule has 2 aliphatic rings. The van der Waals surface area contributed by atoms with Gasteiger partial charge in [0.1, 0.15) is 5.82 Å². The molecule has 1 saturated heterocycles. The number of hydrogen-bond donors (Lipinski definition) is 0. The minimum atomic E-state index is -0.395. The molecule has 7 nitrogen and oxygen atoms in total. The van der Waals surface area contributed by atoms with Gasteiger partial charge in [-0.3, -0.25) is 10.1 Å². The highest BCUT2D eigenvalue weighted by atomic mass is 32.2. The fraction of sp³-hybridized carbons (Fsp3) is 0.273. The van der Waals surface area contributed by atoms with Crippen LogP contribution < -0.4 is 4.90 Å². The molecule has 152 valence electrons. The monoisotopic (exact) mass is 420 g/mol. The average molecular weight is 420 g/mol. The first-order chi connectivity index (χ1) is 14.7. The van der Waals surface area contributed by atoms with Gasteiger partial charge >= 0.3 is 0 Å². The number of thioether (sulfide) groups is 1. The van der Waals surface area contributed by atoms with Crippen LogP contribution in [0, 0.1) is 10.1 Å². The lowest BCUT2D eigenvalue weighted by Gasteiger charge is -2.30. The van der Waals surface area contributed by atoms with Gasteiger partial charge in [-0.05, 0) is 24.6 Å². The van der Waals surface area contributed by atoms with Gasteiger partial charge in [-0.2, -0.15) is 0 Å². The molecule has 3 aromatic rings. The lowest BCUT2D eigenvalue weighted by atomic mass is 10.0. The summed E-state index contributed by atoms with van der Waals surface area (Å²) in [5, 5.41) is 11.0. The number of rotatable bonds is 3. The number of fused-ring (bicyclic) bond motifs is 3. The average Bonchev–Trinajstić information content (AvgIpc) is 2.98. The molecule has 0 unspecified atom stereocenters. The van der Waals surface area contributed by atoms with Crippen molar-refractivity contribution in [3.05, 3.63) is 64.2 Å². The smallest absolute Gasteiger partial charge is 0.269 e. The lowest BCUT2D eigenvalue weighted by Crippen LogP contribution is -2.37. The Hall–Kier alpha value is -2.97. The van der Waals surface area contributed by atoms with E-state index in [9.17, 15) is 10.1 Å².